The number of nitrogens with zero attached hydrogens (tertiary/aromatic N) is 2. The summed E-state index contributed by atoms with van der Waals surface area (Å²) in [7, 11) is 2.31. The second kappa shape index (κ2) is 5.43. The van der Waals surface area contributed by atoms with Crippen LogP contribution in [0.3, 0.4) is 0 Å². The molecule has 0 spiro atoms. The van der Waals surface area contributed by atoms with E-state index in [1.54, 1.807) is 0 Å². The molecule has 3 fully saturated rings. The Morgan fingerprint density at radius 2 is 2.17 bits per heavy atom. The number of aliphatic hydroxyl groups excluding tert-OH is 1. The summed E-state index contributed by atoms with van der Waals surface area (Å²) in [6, 6.07) is 10.4. The molecule has 4 heterocycles. The average Bonchev–Trinajstić information content (AvgIpc) is 2.60. The fraction of sp³-hybridized carbons (Fsp3) is 0.450. The van der Waals surface area contributed by atoms with Crippen molar-refractivity contribution < 1.29 is 9.59 Å². The van der Waals surface area contributed by atoms with Crippen LogP contribution in [0.5, 0.6) is 0 Å². The zero-order valence-corrected chi connectivity index (χ0v) is 13.7. The van der Waals surface area contributed by atoms with Gasteiger partial charge in [0.1, 0.15) is 12.1 Å². The predicted octanol–water partition coefficient (Wildman–Crippen LogP) is 3.31. The van der Waals surface area contributed by atoms with Crippen molar-refractivity contribution in [3.05, 3.63) is 54.7 Å². The zero-order valence-electron chi connectivity index (χ0n) is 13.7. The topological polar surface area (TPSA) is 33.1 Å². The molecule has 4 unspecified atom stereocenters. The van der Waals surface area contributed by atoms with E-state index in [0.29, 0.717) is 11.8 Å². The first-order valence-electron chi connectivity index (χ1n) is 8.61. The highest BCUT2D eigenvalue weighted by molar-refractivity contribution is 5.82. The van der Waals surface area contributed by atoms with Gasteiger partial charge in [0.2, 0.25) is 0 Å². The second-order valence-corrected chi connectivity index (χ2v) is 7.50. The maximum Gasteiger partial charge on any atom is 0.131 e. The van der Waals surface area contributed by atoms with Crippen molar-refractivity contribution >= 4 is 10.9 Å². The Balaban J connectivity index is 1.72. The zero-order chi connectivity index (χ0) is 16.0. The van der Waals surface area contributed by atoms with Crippen molar-refractivity contribution in [1.29, 1.82) is 0 Å². The van der Waals surface area contributed by atoms with Gasteiger partial charge < -0.3 is 9.59 Å². The van der Waals surface area contributed by atoms with Gasteiger partial charge in [-0.1, -0.05) is 24.3 Å². The lowest BCUT2D eigenvalue weighted by Gasteiger charge is -2.56. The number of aromatic nitrogens is 1. The molecule has 5 rings (SSSR count). The number of fused-ring (bicyclic) bond motifs is 4. The lowest BCUT2D eigenvalue weighted by molar-refractivity contribution is -0.956. The highest BCUT2D eigenvalue weighted by Gasteiger charge is 2.51. The number of para-hydroxylation sites is 1. The second-order valence-electron chi connectivity index (χ2n) is 7.50. The van der Waals surface area contributed by atoms with Crippen LogP contribution in [0.1, 0.15) is 24.5 Å². The van der Waals surface area contributed by atoms with Gasteiger partial charge in [-0.15, -0.1) is 6.58 Å². The van der Waals surface area contributed by atoms with Gasteiger partial charge in [0.25, 0.3) is 0 Å². The maximum absolute atomic E-state index is 11.2. The molecule has 3 aliphatic heterocycles. The first-order valence-corrected chi connectivity index (χ1v) is 8.61. The van der Waals surface area contributed by atoms with Crippen LogP contribution in [0.15, 0.2) is 49.2 Å². The molecular weight excluding hydrogens is 284 g/mol. The summed E-state index contributed by atoms with van der Waals surface area (Å²) >= 11 is 0. The van der Waals surface area contributed by atoms with E-state index in [2.05, 4.69) is 30.8 Å². The number of aliphatic hydroxyl groups is 1. The molecule has 0 saturated carbocycles. The minimum Gasteiger partial charge on any atom is -0.382 e. The molecule has 1 aromatic carbocycles. The van der Waals surface area contributed by atoms with Gasteiger partial charge in [0.15, 0.2) is 0 Å². The van der Waals surface area contributed by atoms with Crippen molar-refractivity contribution in [2.45, 2.75) is 25.0 Å². The monoisotopic (exact) mass is 309 g/mol. The Kier molecular flexibility index (Phi) is 3.51. The van der Waals surface area contributed by atoms with E-state index < -0.39 is 6.10 Å². The highest BCUT2D eigenvalue weighted by Crippen LogP contribution is 2.45. The summed E-state index contributed by atoms with van der Waals surface area (Å²) < 4.78 is 0.963. The third kappa shape index (κ3) is 2.30. The molecule has 3 aliphatic rings. The van der Waals surface area contributed by atoms with Crippen molar-refractivity contribution in [2.75, 3.05) is 20.1 Å². The number of likely N-dealkylation sites (N-methyl/N-ethyl adjacent to an activating group) is 1. The van der Waals surface area contributed by atoms with Crippen molar-refractivity contribution in [3.63, 3.8) is 0 Å². The third-order valence-corrected chi connectivity index (χ3v) is 6.26. The number of quaternary nitrogens is 1. The van der Waals surface area contributed by atoms with Gasteiger partial charge in [-0.2, -0.15) is 0 Å². The van der Waals surface area contributed by atoms with Gasteiger partial charge in [0, 0.05) is 30.3 Å². The van der Waals surface area contributed by atoms with Gasteiger partial charge in [-0.3, -0.25) is 4.98 Å². The lowest BCUT2D eigenvalue weighted by Crippen LogP contribution is -2.66. The molecule has 3 nitrogen and oxygen atoms in total. The molecule has 0 amide bonds. The Morgan fingerprint density at radius 1 is 1.35 bits per heavy atom. The lowest BCUT2D eigenvalue weighted by atomic mass is 9.72. The number of benzene rings is 1. The van der Waals surface area contributed by atoms with Gasteiger partial charge in [-0.05, 0) is 23.6 Å². The summed E-state index contributed by atoms with van der Waals surface area (Å²) in [5.41, 5.74) is 1.99. The van der Waals surface area contributed by atoms with Crippen LogP contribution < -0.4 is 0 Å². The van der Waals surface area contributed by atoms with E-state index in [1.807, 2.05) is 30.5 Å². The normalized spacial score (nSPS) is 34.4. The number of piperidine rings is 3. The number of hydrogen-bond donors (Lipinski definition) is 1. The minimum atomic E-state index is -0.429. The highest BCUT2D eigenvalue weighted by atomic mass is 16.3. The van der Waals surface area contributed by atoms with Crippen LogP contribution in [0, 0.1) is 11.8 Å². The first kappa shape index (κ1) is 14.9. The van der Waals surface area contributed by atoms with Gasteiger partial charge >= 0.3 is 0 Å². The Labute approximate surface area is 137 Å². The molecule has 0 radical (unpaired) electrons. The molecule has 3 heteroatoms. The van der Waals surface area contributed by atoms with Crippen LogP contribution in [0.2, 0.25) is 0 Å². The number of pyridine rings is 1. The molecular formula is C20H25N2O+. The average molecular weight is 309 g/mol. The Bertz CT molecular complexity index is 738. The molecule has 120 valence electrons. The SMILES string of the molecule is C=CC1C[N+]2(C)CCC1CC2[C@@H](O)c1ccnc2ccccc12. The Morgan fingerprint density at radius 3 is 2.96 bits per heavy atom. The molecule has 23 heavy (non-hydrogen) atoms. The summed E-state index contributed by atoms with van der Waals surface area (Å²) in [5.74, 6) is 1.28. The van der Waals surface area contributed by atoms with Crippen molar-refractivity contribution in [1.82, 2.24) is 4.98 Å². The standard InChI is InChI=1S/C20H25N2O/c1-3-14-13-22(2)11-9-15(14)12-19(22)20(23)17-8-10-21-18-7-5-4-6-16(17)18/h3-8,10,14-15,19-20,23H,1,9,11-13H2,2H3/q+1/t14?,15?,19?,20-,22?/m0/s1. The Hall–Kier alpha value is -1.71. The molecule has 2 aromatic rings. The number of hydrogen-bond acceptors (Lipinski definition) is 2. The molecule has 0 aliphatic carbocycles. The van der Waals surface area contributed by atoms with E-state index >= 15 is 0 Å². The smallest absolute Gasteiger partial charge is 0.131 e. The van der Waals surface area contributed by atoms with Gasteiger partial charge in [0.05, 0.1) is 25.7 Å². The quantitative estimate of drug-likeness (QED) is 0.697. The van der Waals surface area contributed by atoms with Crippen LogP contribution >= 0.6 is 0 Å². The minimum absolute atomic E-state index is 0.274. The van der Waals surface area contributed by atoms with E-state index in [-0.39, 0.29) is 6.04 Å². The fourth-order valence-corrected chi connectivity index (χ4v) is 4.88. The van der Waals surface area contributed by atoms with Crippen molar-refractivity contribution in [2.24, 2.45) is 11.8 Å². The third-order valence-electron chi connectivity index (χ3n) is 6.26. The largest absolute Gasteiger partial charge is 0.382 e. The van der Waals surface area contributed by atoms with E-state index in [1.165, 1.54) is 13.0 Å². The predicted molar refractivity (Wildman–Crippen MR) is 92.8 cm³/mol. The fourth-order valence-electron chi connectivity index (χ4n) is 4.88. The first-order chi connectivity index (χ1) is 11.1. The van der Waals surface area contributed by atoms with Crippen molar-refractivity contribution in [3.8, 4) is 0 Å². The summed E-state index contributed by atoms with van der Waals surface area (Å²) in [5, 5.41) is 12.3. The van der Waals surface area contributed by atoms with Gasteiger partial charge in [-0.25, -0.2) is 0 Å². The summed E-state index contributed by atoms with van der Waals surface area (Å²) in [4.78, 5) is 4.43. The van der Waals surface area contributed by atoms with Crippen LogP contribution in [0.25, 0.3) is 10.9 Å². The maximum atomic E-state index is 11.2. The summed E-state index contributed by atoms with van der Waals surface area (Å²) in [6.07, 6.45) is 5.87. The van der Waals surface area contributed by atoms with E-state index in [0.717, 1.165) is 33.9 Å². The molecule has 2 bridgehead atoms. The van der Waals surface area contributed by atoms with Crippen LogP contribution in [-0.4, -0.2) is 40.8 Å². The molecule has 5 atom stereocenters. The van der Waals surface area contributed by atoms with Crippen LogP contribution in [-0.2, 0) is 0 Å². The molecule has 1 aromatic heterocycles. The van der Waals surface area contributed by atoms with E-state index in [4.69, 9.17) is 0 Å². The number of rotatable bonds is 3. The summed E-state index contributed by atoms with van der Waals surface area (Å²) in [6.45, 7) is 6.30. The van der Waals surface area contributed by atoms with Crippen LogP contribution in [0.4, 0.5) is 0 Å². The molecule has 3 saturated heterocycles. The van der Waals surface area contributed by atoms with E-state index in [9.17, 15) is 5.11 Å². The molecule has 1 N–H and O–H groups in total.